The normalized spacial score (nSPS) is 21.6. The van der Waals surface area contributed by atoms with E-state index in [2.05, 4.69) is 5.32 Å². The lowest BCUT2D eigenvalue weighted by Gasteiger charge is -2.30. The maximum Gasteiger partial charge on any atom is 0.335 e. The Morgan fingerprint density at radius 1 is 1.06 bits per heavy atom. The summed E-state index contributed by atoms with van der Waals surface area (Å²) in [5, 5.41) is 2.24. The van der Waals surface area contributed by atoms with Crippen molar-refractivity contribution in [2.75, 3.05) is 4.90 Å². The molecule has 1 aliphatic heterocycles. The number of urea groups is 1. The number of carbonyl (C=O) groups excluding carboxylic acids is 3. The van der Waals surface area contributed by atoms with Gasteiger partial charge in [0.1, 0.15) is 5.41 Å². The van der Waals surface area contributed by atoms with Gasteiger partial charge in [-0.2, -0.15) is 0 Å². The number of imide groups is 2. The molecule has 5 heteroatoms. The molecular formula is C12H10N2O3. The van der Waals surface area contributed by atoms with Crippen molar-refractivity contribution < 1.29 is 14.4 Å². The molecule has 1 aromatic carbocycles. The van der Waals surface area contributed by atoms with E-state index in [1.165, 1.54) is 0 Å². The Hall–Kier alpha value is -2.17. The summed E-state index contributed by atoms with van der Waals surface area (Å²) >= 11 is 0. The third-order valence-corrected chi connectivity index (χ3v) is 3.24. The van der Waals surface area contributed by atoms with E-state index in [0.717, 1.165) is 4.90 Å². The maximum atomic E-state index is 12.2. The molecule has 17 heavy (non-hydrogen) atoms. The van der Waals surface area contributed by atoms with Crippen LogP contribution in [-0.4, -0.2) is 17.8 Å². The third kappa shape index (κ3) is 1.28. The molecule has 1 spiro atoms. The van der Waals surface area contributed by atoms with Crippen molar-refractivity contribution in [1.82, 2.24) is 5.32 Å². The van der Waals surface area contributed by atoms with Crippen LogP contribution in [0.15, 0.2) is 30.3 Å². The number of hydrogen-bond donors (Lipinski definition) is 1. The zero-order valence-electron chi connectivity index (χ0n) is 8.97. The fraction of sp³-hybridized carbons (Fsp3) is 0.250. The van der Waals surface area contributed by atoms with Crippen molar-refractivity contribution in [3.8, 4) is 0 Å². The molecule has 0 atom stereocenters. The molecule has 1 saturated heterocycles. The fourth-order valence-electron chi connectivity index (χ4n) is 2.05. The number of barbiturate groups is 1. The van der Waals surface area contributed by atoms with Gasteiger partial charge in [0.25, 0.3) is 5.91 Å². The number of benzene rings is 1. The van der Waals surface area contributed by atoms with Crippen molar-refractivity contribution in [3.63, 3.8) is 0 Å². The molecule has 1 aromatic rings. The molecule has 0 unspecified atom stereocenters. The van der Waals surface area contributed by atoms with Gasteiger partial charge in [0.05, 0.1) is 5.69 Å². The van der Waals surface area contributed by atoms with Crippen LogP contribution in [0.1, 0.15) is 12.8 Å². The Kier molecular flexibility index (Phi) is 1.86. The first kappa shape index (κ1) is 10.0. The molecule has 0 radical (unpaired) electrons. The van der Waals surface area contributed by atoms with Gasteiger partial charge < -0.3 is 0 Å². The highest BCUT2D eigenvalue weighted by atomic mass is 16.2. The van der Waals surface area contributed by atoms with Crippen molar-refractivity contribution in [3.05, 3.63) is 30.3 Å². The Balaban J connectivity index is 2.02. The molecule has 5 nitrogen and oxygen atoms in total. The van der Waals surface area contributed by atoms with Gasteiger partial charge in [-0.25, -0.2) is 9.69 Å². The molecule has 0 bridgehead atoms. The summed E-state index contributed by atoms with van der Waals surface area (Å²) in [6.07, 6.45) is 1.04. The van der Waals surface area contributed by atoms with E-state index in [-0.39, 0.29) is 0 Å². The van der Waals surface area contributed by atoms with Crippen LogP contribution in [0.5, 0.6) is 0 Å². The second-order valence-electron chi connectivity index (χ2n) is 4.32. The Morgan fingerprint density at radius 2 is 1.71 bits per heavy atom. The van der Waals surface area contributed by atoms with E-state index in [0.29, 0.717) is 18.5 Å². The van der Waals surface area contributed by atoms with Crippen LogP contribution in [0.4, 0.5) is 10.5 Å². The fourth-order valence-corrected chi connectivity index (χ4v) is 2.05. The molecule has 2 aliphatic rings. The summed E-state index contributed by atoms with van der Waals surface area (Å²) in [7, 11) is 0. The van der Waals surface area contributed by atoms with Crippen LogP contribution in [0, 0.1) is 5.41 Å². The Morgan fingerprint density at radius 3 is 2.29 bits per heavy atom. The van der Waals surface area contributed by atoms with Crippen LogP contribution in [0.25, 0.3) is 0 Å². The second-order valence-corrected chi connectivity index (χ2v) is 4.32. The molecule has 0 aromatic heterocycles. The lowest BCUT2D eigenvalue weighted by molar-refractivity contribution is -0.136. The number of hydrogen-bond acceptors (Lipinski definition) is 3. The van der Waals surface area contributed by atoms with Gasteiger partial charge in [0, 0.05) is 0 Å². The topological polar surface area (TPSA) is 66.5 Å². The molecule has 1 aliphatic carbocycles. The molecular weight excluding hydrogens is 220 g/mol. The summed E-state index contributed by atoms with van der Waals surface area (Å²) in [5.74, 6) is -0.864. The van der Waals surface area contributed by atoms with Crippen LogP contribution >= 0.6 is 0 Å². The number of amides is 4. The van der Waals surface area contributed by atoms with E-state index in [1.807, 2.05) is 0 Å². The molecule has 86 valence electrons. The van der Waals surface area contributed by atoms with Gasteiger partial charge in [0.2, 0.25) is 5.91 Å². The van der Waals surface area contributed by atoms with Crippen molar-refractivity contribution >= 4 is 23.5 Å². The third-order valence-electron chi connectivity index (χ3n) is 3.24. The average molecular weight is 230 g/mol. The number of para-hydroxylation sites is 1. The van der Waals surface area contributed by atoms with Crippen LogP contribution in [0.3, 0.4) is 0 Å². The first-order valence-electron chi connectivity index (χ1n) is 5.40. The summed E-state index contributed by atoms with van der Waals surface area (Å²) in [4.78, 5) is 36.5. The van der Waals surface area contributed by atoms with E-state index < -0.39 is 23.3 Å². The first-order chi connectivity index (χ1) is 8.15. The Bertz CT molecular complexity index is 520. The smallest absolute Gasteiger partial charge is 0.276 e. The summed E-state index contributed by atoms with van der Waals surface area (Å²) < 4.78 is 0. The summed E-state index contributed by atoms with van der Waals surface area (Å²) in [6, 6.07) is 7.96. The number of nitrogens with one attached hydrogen (secondary N) is 1. The Labute approximate surface area is 97.4 Å². The number of rotatable bonds is 1. The maximum absolute atomic E-state index is 12.2. The lowest BCUT2D eigenvalue weighted by Crippen LogP contribution is -2.59. The predicted molar refractivity (Wildman–Crippen MR) is 59.1 cm³/mol. The minimum absolute atomic E-state index is 0.405. The molecule has 1 N–H and O–H groups in total. The van der Waals surface area contributed by atoms with Gasteiger partial charge in [-0.1, -0.05) is 18.2 Å². The molecule has 4 amide bonds. The number of nitrogens with zero attached hydrogens (tertiary/aromatic N) is 1. The zero-order valence-corrected chi connectivity index (χ0v) is 8.97. The monoisotopic (exact) mass is 230 g/mol. The van der Waals surface area contributed by atoms with Crippen molar-refractivity contribution in [1.29, 1.82) is 0 Å². The van der Waals surface area contributed by atoms with Crippen LogP contribution < -0.4 is 10.2 Å². The molecule has 1 heterocycles. The number of carbonyl (C=O) groups is 3. The van der Waals surface area contributed by atoms with E-state index in [4.69, 9.17) is 0 Å². The van der Waals surface area contributed by atoms with E-state index >= 15 is 0 Å². The molecule has 1 saturated carbocycles. The first-order valence-corrected chi connectivity index (χ1v) is 5.40. The highest BCUT2D eigenvalue weighted by molar-refractivity contribution is 6.31. The van der Waals surface area contributed by atoms with Crippen molar-refractivity contribution in [2.24, 2.45) is 5.41 Å². The largest absolute Gasteiger partial charge is 0.335 e. The highest BCUT2D eigenvalue weighted by Crippen LogP contribution is 2.49. The summed E-state index contributed by atoms with van der Waals surface area (Å²) in [6.45, 7) is 0. The number of anilines is 1. The minimum Gasteiger partial charge on any atom is -0.276 e. The van der Waals surface area contributed by atoms with E-state index in [1.54, 1.807) is 30.3 Å². The van der Waals surface area contributed by atoms with E-state index in [9.17, 15) is 14.4 Å². The zero-order chi connectivity index (χ0) is 12.0. The average Bonchev–Trinajstić information content (AvgIpc) is 3.10. The van der Waals surface area contributed by atoms with Gasteiger partial charge in [-0.05, 0) is 25.0 Å². The van der Waals surface area contributed by atoms with Gasteiger partial charge in [0.15, 0.2) is 0 Å². The van der Waals surface area contributed by atoms with Crippen LogP contribution in [0.2, 0.25) is 0 Å². The lowest BCUT2D eigenvalue weighted by atomic mass is 10.0. The van der Waals surface area contributed by atoms with Gasteiger partial charge in [-0.3, -0.25) is 14.9 Å². The standard InChI is InChI=1S/C12H10N2O3/c15-9-12(6-7-12)10(16)14(11(17)13-9)8-4-2-1-3-5-8/h1-5H,6-7H2,(H,13,15,17). The SMILES string of the molecule is O=C1NC(=O)C2(CC2)C(=O)N1c1ccccc1. The predicted octanol–water partition coefficient (Wildman–Crippen LogP) is 1.05. The molecule has 2 fully saturated rings. The highest BCUT2D eigenvalue weighted by Gasteiger charge is 2.62. The summed E-state index contributed by atoms with van der Waals surface area (Å²) in [5.41, 5.74) is -0.488. The minimum atomic E-state index is -0.982. The second kappa shape index (κ2) is 3.16. The molecule has 3 rings (SSSR count). The van der Waals surface area contributed by atoms with Crippen molar-refractivity contribution in [2.45, 2.75) is 12.8 Å². The quantitative estimate of drug-likeness (QED) is 0.733. The van der Waals surface area contributed by atoms with Gasteiger partial charge in [-0.15, -0.1) is 0 Å². The van der Waals surface area contributed by atoms with Gasteiger partial charge >= 0.3 is 6.03 Å². The van der Waals surface area contributed by atoms with Crippen LogP contribution in [-0.2, 0) is 9.59 Å².